The topological polar surface area (TPSA) is 32.3 Å². The molecule has 0 bridgehead atoms. The minimum Gasteiger partial charge on any atom is -0.508 e. The molecular weight excluding hydrogens is 234 g/mol. The van der Waals surface area contributed by atoms with E-state index in [1.165, 1.54) is 11.1 Å². The van der Waals surface area contributed by atoms with Crippen molar-refractivity contribution >= 4 is 0 Å². The first-order valence-electron chi connectivity index (χ1n) is 6.77. The van der Waals surface area contributed by atoms with Gasteiger partial charge in [-0.1, -0.05) is 55.0 Å². The minimum absolute atomic E-state index is 0.320. The molecule has 0 saturated carbocycles. The second-order valence-electron chi connectivity index (χ2n) is 4.88. The van der Waals surface area contributed by atoms with Crippen LogP contribution in [0.15, 0.2) is 48.5 Å². The predicted molar refractivity (Wildman–Crippen MR) is 79.2 cm³/mol. The first-order valence-corrected chi connectivity index (χ1v) is 6.77. The molecule has 2 N–H and O–H groups in total. The molecule has 2 aromatic rings. The number of nitrogens with one attached hydrogen (secondary N) is 1. The number of aryl methyl sites for hydroxylation is 1. The van der Waals surface area contributed by atoms with Gasteiger partial charge in [0, 0.05) is 18.2 Å². The second kappa shape index (κ2) is 6.39. The smallest absolute Gasteiger partial charge is 0.120 e. The maximum absolute atomic E-state index is 9.85. The summed E-state index contributed by atoms with van der Waals surface area (Å²) in [6.45, 7) is 4.89. The van der Waals surface area contributed by atoms with Crippen molar-refractivity contribution in [2.45, 2.75) is 32.9 Å². The summed E-state index contributed by atoms with van der Waals surface area (Å²) < 4.78 is 0. The van der Waals surface area contributed by atoms with Crippen molar-refractivity contribution in [3.05, 3.63) is 65.2 Å². The summed E-state index contributed by atoms with van der Waals surface area (Å²) >= 11 is 0. The molecule has 2 heteroatoms. The van der Waals surface area contributed by atoms with Crippen molar-refractivity contribution in [1.29, 1.82) is 0 Å². The van der Waals surface area contributed by atoms with Crippen LogP contribution >= 0.6 is 0 Å². The van der Waals surface area contributed by atoms with E-state index < -0.39 is 0 Å². The van der Waals surface area contributed by atoms with Gasteiger partial charge in [0.2, 0.25) is 0 Å². The number of phenolic OH excluding ortho intramolecular Hbond substituents is 1. The van der Waals surface area contributed by atoms with Crippen LogP contribution in [-0.4, -0.2) is 5.11 Å². The van der Waals surface area contributed by atoms with Gasteiger partial charge in [0.15, 0.2) is 0 Å². The van der Waals surface area contributed by atoms with E-state index in [2.05, 4.69) is 36.5 Å². The summed E-state index contributed by atoms with van der Waals surface area (Å²) in [5.41, 5.74) is 3.41. The number of aromatic hydroxyl groups is 1. The van der Waals surface area contributed by atoms with Crippen LogP contribution in [0.3, 0.4) is 0 Å². The summed E-state index contributed by atoms with van der Waals surface area (Å²) in [4.78, 5) is 0. The molecule has 100 valence electrons. The number of hydrogen-bond donors (Lipinski definition) is 2. The van der Waals surface area contributed by atoms with Gasteiger partial charge in [-0.3, -0.25) is 0 Å². The fraction of sp³-hybridized carbons (Fsp3) is 0.294. The molecule has 0 heterocycles. The van der Waals surface area contributed by atoms with E-state index in [-0.39, 0.29) is 0 Å². The molecule has 1 atom stereocenters. The normalized spacial score (nSPS) is 12.3. The molecule has 0 aliphatic carbocycles. The minimum atomic E-state index is 0.320. The second-order valence-corrected chi connectivity index (χ2v) is 4.88. The monoisotopic (exact) mass is 255 g/mol. The lowest BCUT2D eigenvalue weighted by molar-refractivity contribution is 0.455. The average molecular weight is 255 g/mol. The highest BCUT2D eigenvalue weighted by atomic mass is 16.3. The Balaban J connectivity index is 2.06. The number of phenols is 1. The molecule has 0 amide bonds. The van der Waals surface area contributed by atoms with E-state index in [1.54, 1.807) is 6.07 Å². The molecule has 0 saturated heterocycles. The first kappa shape index (κ1) is 13.6. The van der Waals surface area contributed by atoms with E-state index in [1.807, 2.05) is 25.1 Å². The number of rotatable bonds is 5. The van der Waals surface area contributed by atoms with Gasteiger partial charge >= 0.3 is 0 Å². The molecule has 1 unspecified atom stereocenters. The van der Waals surface area contributed by atoms with Gasteiger partial charge in [0.05, 0.1) is 0 Å². The zero-order valence-corrected chi connectivity index (χ0v) is 11.6. The Kier molecular flexibility index (Phi) is 4.58. The average Bonchev–Trinajstić information content (AvgIpc) is 2.44. The van der Waals surface area contributed by atoms with E-state index in [4.69, 9.17) is 0 Å². The van der Waals surface area contributed by atoms with Crippen molar-refractivity contribution in [3.63, 3.8) is 0 Å². The standard InChI is InChI=1S/C17H21NO/c1-3-16(14-7-5-4-6-8-14)18-12-15-11-13(2)9-10-17(15)19/h4-11,16,18-19H,3,12H2,1-2H3. The zero-order chi connectivity index (χ0) is 13.7. The SMILES string of the molecule is CCC(NCc1cc(C)ccc1O)c1ccccc1. The van der Waals surface area contributed by atoms with Crippen molar-refractivity contribution in [2.75, 3.05) is 0 Å². The van der Waals surface area contributed by atoms with Gasteiger partial charge in [-0.05, 0) is 25.0 Å². The number of hydrogen-bond acceptors (Lipinski definition) is 2. The largest absolute Gasteiger partial charge is 0.508 e. The van der Waals surface area contributed by atoms with Crippen molar-refractivity contribution in [2.24, 2.45) is 0 Å². The molecule has 0 spiro atoms. The van der Waals surface area contributed by atoms with Crippen LogP contribution in [0.4, 0.5) is 0 Å². The molecule has 19 heavy (non-hydrogen) atoms. The lowest BCUT2D eigenvalue weighted by atomic mass is 10.0. The Labute approximate surface area is 115 Å². The maximum Gasteiger partial charge on any atom is 0.120 e. The van der Waals surface area contributed by atoms with E-state index in [0.29, 0.717) is 18.3 Å². The highest BCUT2D eigenvalue weighted by Crippen LogP contribution is 2.21. The van der Waals surface area contributed by atoms with Gasteiger partial charge < -0.3 is 10.4 Å². The van der Waals surface area contributed by atoms with Crippen molar-refractivity contribution < 1.29 is 5.11 Å². The molecule has 2 aromatic carbocycles. The Hall–Kier alpha value is -1.80. The Morgan fingerprint density at radius 2 is 1.84 bits per heavy atom. The van der Waals surface area contributed by atoms with Crippen LogP contribution < -0.4 is 5.32 Å². The molecular formula is C17H21NO. The van der Waals surface area contributed by atoms with E-state index in [0.717, 1.165) is 12.0 Å². The van der Waals surface area contributed by atoms with Crippen LogP contribution in [0, 0.1) is 6.92 Å². The quantitative estimate of drug-likeness (QED) is 0.848. The fourth-order valence-electron chi connectivity index (χ4n) is 2.27. The Bertz CT molecular complexity index is 522. The predicted octanol–water partition coefficient (Wildman–Crippen LogP) is 3.94. The van der Waals surface area contributed by atoms with Gasteiger partial charge in [-0.25, -0.2) is 0 Å². The highest BCUT2D eigenvalue weighted by molar-refractivity contribution is 5.35. The Morgan fingerprint density at radius 1 is 1.11 bits per heavy atom. The molecule has 2 nitrogen and oxygen atoms in total. The summed E-state index contributed by atoms with van der Waals surface area (Å²) in [7, 11) is 0. The third kappa shape index (κ3) is 3.58. The van der Waals surface area contributed by atoms with Crippen LogP contribution in [0.25, 0.3) is 0 Å². The third-order valence-corrected chi connectivity index (χ3v) is 3.38. The summed E-state index contributed by atoms with van der Waals surface area (Å²) in [5, 5.41) is 13.4. The molecule has 0 radical (unpaired) electrons. The molecule has 0 aromatic heterocycles. The molecule has 0 aliphatic rings. The molecule has 0 aliphatic heterocycles. The lowest BCUT2D eigenvalue weighted by Gasteiger charge is -2.18. The highest BCUT2D eigenvalue weighted by Gasteiger charge is 2.09. The summed E-state index contributed by atoms with van der Waals surface area (Å²) in [5.74, 6) is 0.362. The lowest BCUT2D eigenvalue weighted by Crippen LogP contribution is -2.20. The van der Waals surface area contributed by atoms with Crippen molar-refractivity contribution in [1.82, 2.24) is 5.32 Å². The van der Waals surface area contributed by atoms with Gasteiger partial charge in [0.25, 0.3) is 0 Å². The fourth-order valence-corrected chi connectivity index (χ4v) is 2.27. The summed E-state index contributed by atoms with van der Waals surface area (Å²) in [6, 6.07) is 16.5. The van der Waals surface area contributed by atoms with Crippen LogP contribution in [0.2, 0.25) is 0 Å². The third-order valence-electron chi connectivity index (χ3n) is 3.38. The van der Waals surface area contributed by atoms with Gasteiger partial charge in [-0.2, -0.15) is 0 Å². The van der Waals surface area contributed by atoms with E-state index in [9.17, 15) is 5.11 Å². The van der Waals surface area contributed by atoms with Crippen LogP contribution in [-0.2, 0) is 6.54 Å². The zero-order valence-electron chi connectivity index (χ0n) is 11.6. The van der Waals surface area contributed by atoms with E-state index >= 15 is 0 Å². The van der Waals surface area contributed by atoms with Crippen LogP contribution in [0.1, 0.15) is 36.1 Å². The number of benzene rings is 2. The molecule has 0 fully saturated rings. The maximum atomic E-state index is 9.85. The summed E-state index contributed by atoms with van der Waals surface area (Å²) in [6.07, 6.45) is 1.02. The Morgan fingerprint density at radius 3 is 2.53 bits per heavy atom. The molecule has 2 rings (SSSR count). The van der Waals surface area contributed by atoms with Gasteiger partial charge in [0.1, 0.15) is 5.75 Å². The first-order chi connectivity index (χ1) is 9.20. The van der Waals surface area contributed by atoms with Gasteiger partial charge in [-0.15, -0.1) is 0 Å². The van der Waals surface area contributed by atoms with Crippen molar-refractivity contribution in [3.8, 4) is 5.75 Å². The van der Waals surface area contributed by atoms with Crippen LogP contribution in [0.5, 0.6) is 5.75 Å².